The monoisotopic (exact) mass is 304 g/mol. The lowest BCUT2D eigenvalue weighted by Crippen LogP contribution is -2.17. The predicted octanol–water partition coefficient (Wildman–Crippen LogP) is 4.10. The molecule has 0 saturated carbocycles. The minimum Gasteiger partial charge on any atom is -0.355 e. The molecule has 0 unspecified atom stereocenters. The van der Waals surface area contributed by atoms with E-state index >= 15 is 0 Å². The average molecular weight is 305 g/mol. The van der Waals surface area contributed by atoms with E-state index in [1.807, 2.05) is 6.20 Å². The molecule has 18 heavy (non-hydrogen) atoms. The Morgan fingerprint density at radius 2 is 1.83 bits per heavy atom. The number of nitrogens with zero attached hydrogens (tertiary/aromatic N) is 2. The highest BCUT2D eigenvalue weighted by Crippen LogP contribution is 2.20. The van der Waals surface area contributed by atoms with Crippen LogP contribution in [0.3, 0.4) is 0 Å². The molecule has 0 spiro atoms. The van der Waals surface area contributed by atoms with Gasteiger partial charge in [-0.15, -0.1) is 0 Å². The third-order valence-corrected chi connectivity index (χ3v) is 3.79. The van der Waals surface area contributed by atoms with E-state index in [0.717, 1.165) is 16.8 Å². The summed E-state index contributed by atoms with van der Waals surface area (Å²) >= 11 is 3.47. The quantitative estimate of drug-likeness (QED) is 0.849. The van der Waals surface area contributed by atoms with E-state index in [1.54, 1.807) is 0 Å². The second-order valence-corrected chi connectivity index (χ2v) is 5.49. The maximum Gasteiger partial charge on any atom is 0.128 e. The highest BCUT2D eigenvalue weighted by molar-refractivity contribution is 9.10. The first-order valence-electron chi connectivity index (χ1n) is 5.95. The SMILES string of the molecule is Cc1ccc(CN(C)c2cc(C)c(Br)cn2)cc1. The third kappa shape index (κ3) is 3.10. The normalized spacial score (nSPS) is 10.4. The average Bonchev–Trinajstić information content (AvgIpc) is 2.35. The van der Waals surface area contributed by atoms with Crippen molar-refractivity contribution in [1.29, 1.82) is 0 Å². The van der Waals surface area contributed by atoms with Gasteiger partial charge in [0.25, 0.3) is 0 Å². The maximum atomic E-state index is 4.43. The molecule has 1 aromatic heterocycles. The van der Waals surface area contributed by atoms with Gasteiger partial charge in [0, 0.05) is 24.3 Å². The first-order valence-corrected chi connectivity index (χ1v) is 6.74. The summed E-state index contributed by atoms with van der Waals surface area (Å²) in [6.07, 6.45) is 1.86. The Hall–Kier alpha value is -1.35. The third-order valence-electron chi connectivity index (χ3n) is 2.96. The highest BCUT2D eigenvalue weighted by Gasteiger charge is 2.05. The molecule has 94 valence electrons. The van der Waals surface area contributed by atoms with Crippen molar-refractivity contribution in [2.24, 2.45) is 0 Å². The van der Waals surface area contributed by atoms with E-state index in [-0.39, 0.29) is 0 Å². The van der Waals surface area contributed by atoms with Gasteiger partial charge in [0.05, 0.1) is 0 Å². The molecule has 0 saturated heterocycles. The van der Waals surface area contributed by atoms with E-state index in [2.05, 4.69) is 77.0 Å². The second-order valence-electron chi connectivity index (χ2n) is 4.63. The number of rotatable bonds is 3. The van der Waals surface area contributed by atoms with Crippen LogP contribution in [0.4, 0.5) is 5.82 Å². The summed E-state index contributed by atoms with van der Waals surface area (Å²) in [6.45, 7) is 5.05. The van der Waals surface area contributed by atoms with Gasteiger partial charge in [0.1, 0.15) is 5.82 Å². The van der Waals surface area contributed by atoms with Crippen LogP contribution in [0, 0.1) is 13.8 Å². The van der Waals surface area contributed by atoms with E-state index in [0.29, 0.717) is 0 Å². The molecular weight excluding hydrogens is 288 g/mol. The topological polar surface area (TPSA) is 16.1 Å². The van der Waals surface area contributed by atoms with Crippen molar-refractivity contribution in [3.63, 3.8) is 0 Å². The van der Waals surface area contributed by atoms with Crippen molar-refractivity contribution in [3.05, 3.63) is 57.7 Å². The van der Waals surface area contributed by atoms with E-state index < -0.39 is 0 Å². The van der Waals surface area contributed by atoms with Crippen LogP contribution < -0.4 is 4.90 Å². The van der Waals surface area contributed by atoms with Crippen LogP contribution >= 0.6 is 15.9 Å². The molecule has 1 aromatic carbocycles. The van der Waals surface area contributed by atoms with Crippen molar-refractivity contribution in [1.82, 2.24) is 4.98 Å². The lowest BCUT2D eigenvalue weighted by molar-refractivity contribution is 0.895. The smallest absolute Gasteiger partial charge is 0.128 e. The van der Waals surface area contributed by atoms with E-state index in [9.17, 15) is 0 Å². The Balaban J connectivity index is 2.13. The molecule has 0 radical (unpaired) electrons. The standard InChI is InChI=1S/C15H17BrN2/c1-11-4-6-13(7-5-11)10-18(3)15-8-12(2)14(16)9-17-15/h4-9H,10H2,1-3H3. The number of aromatic nitrogens is 1. The van der Waals surface area contributed by atoms with Crippen molar-refractivity contribution in [3.8, 4) is 0 Å². The van der Waals surface area contributed by atoms with Gasteiger partial charge >= 0.3 is 0 Å². The Morgan fingerprint density at radius 3 is 2.44 bits per heavy atom. The summed E-state index contributed by atoms with van der Waals surface area (Å²) in [6, 6.07) is 10.7. The number of pyridine rings is 1. The first-order chi connectivity index (χ1) is 8.56. The lowest BCUT2D eigenvalue weighted by atomic mass is 10.1. The predicted molar refractivity (Wildman–Crippen MR) is 80.0 cm³/mol. The lowest BCUT2D eigenvalue weighted by Gasteiger charge is -2.19. The van der Waals surface area contributed by atoms with Gasteiger partial charge in [0.15, 0.2) is 0 Å². The molecule has 0 aliphatic rings. The van der Waals surface area contributed by atoms with Crippen molar-refractivity contribution >= 4 is 21.7 Å². The zero-order valence-electron chi connectivity index (χ0n) is 10.9. The van der Waals surface area contributed by atoms with Crippen LogP contribution in [-0.2, 0) is 6.54 Å². The number of hydrogen-bond acceptors (Lipinski definition) is 2. The number of aryl methyl sites for hydroxylation is 2. The number of benzene rings is 1. The zero-order valence-corrected chi connectivity index (χ0v) is 12.5. The Morgan fingerprint density at radius 1 is 1.17 bits per heavy atom. The summed E-state index contributed by atoms with van der Waals surface area (Å²) in [4.78, 5) is 6.59. The van der Waals surface area contributed by atoms with Gasteiger partial charge in [-0.05, 0) is 47.0 Å². The van der Waals surface area contributed by atoms with Gasteiger partial charge in [0.2, 0.25) is 0 Å². The molecule has 0 fully saturated rings. The number of halogens is 1. The molecule has 0 aliphatic carbocycles. The number of hydrogen-bond donors (Lipinski definition) is 0. The van der Waals surface area contributed by atoms with Crippen molar-refractivity contribution in [2.45, 2.75) is 20.4 Å². The Labute approximate surface area is 117 Å². The van der Waals surface area contributed by atoms with Crippen LogP contribution in [0.2, 0.25) is 0 Å². The summed E-state index contributed by atoms with van der Waals surface area (Å²) in [7, 11) is 2.07. The summed E-state index contributed by atoms with van der Waals surface area (Å²) < 4.78 is 1.05. The summed E-state index contributed by atoms with van der Waals surface area (Å²) in [5.41, 5.74) is 3.79. The van der Waals surface area contributed by atoms with Gasteiger partial charge in [-0.2, -0.15) is 0 Å². The molecule has 0 aliphatic heterocycles. The minimum atomic E-state index is 0.869. The first kappa shape index (κ1) is 13.1. The molecule has 2 rings (SSSR count). The molecule has 3 heteroatoms. The van der Waals surface area contributed by atoms with E-state index in [4.69, 9.17) is 0 Å². The van der Waals surface area contributed by atoms with Gasteiger partial charge in [-0.3, -0.25) is 0 Å². The van der Waals surface area contributed by atoms with Crippen LogP contribution in [-0.4, -0.2) is 12.0 Å². The second kappa shape index (κ2) is 5.53. The molecule has 2 nitrogen and oxygen atoms in total. The van der Waals surface area contributed by atoms with Gasteiger partial charge in [-0.1, -0.05) is 29.8 Å². The highest BCUT2D eigenvalue weighted by atomic mass is 79.9. The van der Waals surface area contributed by atoms with Crippen molar-refractivity contribution in [2.75, 3.05) is 11.9 Å². The fourth-order valence-electron chi connectivity index (χ4n) is 1.78. The molecule has 1 heterocycles. The molecule has 2 aromatic rings. The fraction of sp³-hybridized carbons (Fsp3) is 0.267. The van der Waals surface area contributed by atoms with Crippen molar-refractivity contribution < 1.29 is 0 Å². The van der Waals surface area contributed by atoms with Crippen LogP contribution in [0.1, 0.15) is 16.7 Å². The van der Waals surface area contributed by atoms with Crippen LogP contribution in [0.25, 0.3) is 0 Å². The maximum absolute atomic E-state index is 4.43. The number of anilines is 1. The van der Waals surface area contributed by atoms with Gasteiger partial charge in [-0.25, -0.2) is 4.98 Å². The summed E-state index contributed by atoms with van der Waals surface area (Å²) in [5.74, 6) is 0.997. The zero-order chi connectivity index (χ0) is 13.1. The molecule has 0 amide bonds. The minimum absolute atomic E-state index is 0.869. The molecule has 0 atom stereocenters. The summed E-state index contributed by atoms with van der Waals surface area (Å²) in [5, 5.41) is 0. The fourth-order valence-corrected chi connectivity index (χ4v) is 2.00. The largest absolute Gasteiger partial charge is 0.355 e. The molecule has 0 bridgehead atoms. The Kier molecular flexibility index (Phi) is 4.02. The van der Waals surface area contributed by atoms with Crippen LogP contribution in [0.5, 0.6) is 0 Å². The Bertz CT molecular complexity index is 535. The molecular formula is C15H17BrN2. The van der Waals surface area contributed by atoms with Crippen LogP contribution in [0.15, 0.2) is 41.0 Å². The molecule has 0 N–H and O–H groups in total. The van der Waals surface area contributed by atoms with Gasteiger partial charge < -0.3 is 4.90 Å². The van der Waals surface area contributed by atoms with E-state index in [1.165, 1.54) is 16.7 Å².